The minimum atomic E-state index is -0.846. The van der Waals surface area contributed by atoms with Crippen LogP contribution in [-0.2, 0) is 9.59 Å². The van der Waals surface area contributed by atoms with Crippen LogP contribution >= 0.6 is 0 Å². The zero-order chi connectivity index (χ0) is 15.5. The number of hydrogen-bond donors (Lipinski definition) is 1. The largest absolute Gasteiger partial charge is 0.484 e. The smallest absolute Gasteiger partial charge is 0.261 e. The van der Waals surface area contributed by atoms with Crippen LogP contribution in [-0.4, -0.2) is 41.9 Å². The third-order valence-electron chi connectivity index (χ3n) is 3.87. The van der Waals surface area contributed by atoms with Crippen molar-refractivity contribution in [2.75, 3.05) is 19.7 Å². The van der Waals surface area contributed by atoms with Gasteiger partial charge < -0.3 is 15.0 Å². The van der Waals surface area contributed by atoms with Crippen LogP contribution in [0.1, 0.15) is 20.3 Å². The Morgan fingerprint density at radius 3 is 2.71 bits per heavy atom. The number of carbonyl (C=O) groups is 2. The molecule has 5 nitrogen and oxygen atoms in total. The second-order valence-corrected chi connectivity index (χ2v) is 5.17. The van der Waals surface area contributed by atoms with Crippen molar-refractivity contribution < 1.29 is 18.7 Å². The maximum atomic E-state index is 12.8. The van der Waals surface area contributed by atoms with Crippen molar-refractivity contribution in [3.05, 3.63) is 30.1 Å². The van der Waals surface area contributed by atoms with Gasteiger partial charge in [-0.1, -0.05) is 6.92 Å². The van der Waals surface area contributed by atoms with Crippen molar-refractivity contribution in [3.63, 3.8) is 0 Å². The second kappa shape index (κ2) is 6.11. The number of carbonyl (C=O) groups excluding carboxylic acids is 2. The molecule has 1 fully saturated rings. The van der Waals surface area contributed by atoms with Gasteiger partial charge in [0.1, 0.15) is 17.1 Å². The predicted molar refractivity (Wildman–Crippen MR) is 75.3 cm³/mol. The topological polar surface area (TPSA) is 58.6 Å². The molecule has 0 aliphatic carbocycles. The molecule has 1 atom stereocenters. The zero-order valence-electron chi connectivity index (χ0n) is 12.2. The first-order valence-electron chi connectivity index (χ1n) is 6.94. The lowest BCUT2D eigenvalue weighted by molar-refractivity contribution is -0.152. The van der Waals surface area contributed by atoms with Gasteiger partial charge in [0.05, 0.1) is 0 Å². The zero-order valence-corrected chi connectivity index (χ0v) is 12.2. The summed E-state index contributed by atoms with van der Waals surface area (Å²) in [6.07, 6.45) is 0.529. The van der Waals surface area contributed by atoms with Crippen LogP contribution in [0.3, 0.4) is 0 Å². The second-order valence-electron chi connectivity index (χ2n) is 5.17. The Hall–Kier alpha value is -2.11. The molecule has 1 aliphatic heterocycles. The van der Waals surface area contributed by atoms with Crippen molar-refractivity contribution in [1.82, 2.24) is 10.2 Å². The number of amides is 2. The molecule has 1 aromatic carbocycles. The average Bonchev–Trinajstić information content (AvgIpc) is 2.49. The van der Waals surface area contributed by atoms with Gasteiger partial charge in [-0.25, -0.2) is 4.39 Å². The molecule has 0 unspecified atom stereocenters. The van der Waals surface area contributed by atoms with Gasteiger partial charge in [-0.2, -0.15) is 0 Å². The number of rotatable bonds is 4. The van der Waals surface area contributed by atoms with Crippen LogP contribution < -0.4 is 10.1 Å². The van der Waals surface area contributed by atoms with E-state index in [0.29, 0.717) is 25.3 Å². The van der Waals surface area contributed by atoms with E-state index >= 15 is 0 Å². The van der Waals surface area contributed by atoms with Gasteiger partial charge >= 0.3 is 0 Å². The van der Waals surface area contributed by atoms with E-state index in [0.717, 1.165) is 0 Å². The highest BCUT2D eigenvalue weighted by Gasteiger charge is 2.42. The Morgan fingerprint density at radius 2 is 2.10 bits per heavy atom. The number of piperazine rings is 1. The fraction of sp³-hybridized carbons (Fsp3) is 0.467. The van der Waals surface area contributed by atoms with E-state index in [1.54, 1.807) is 11.8 Å². The number of nitrogens with one attached hydrogen (secondary N) is 1. The van der Waals surface area contributed by atoms with E-state index in [1.807, 2.05) is 6.92 Å². The average molecular weight is 294 g/mol. The minimum Gasteiger partial charge on any atom is -0.484 e. The fourth-order valence-corrected chi connectivity index (χ4v) is 2.35. The molecule has 0 saturated carbocycles. The van der Waals surface area contributed by atoms with Crippen molar-refractivity contribution in [2.45, 2.75) is 25.8 Å². The Kier molecular flexibility index (Phi) is 4.45. The molecule has 0 spiro atoms. The lowest BCUT2D eigenvalue weighted by atomic mass is 9.93. The summed E-state index contributed by atoms with van der Waals surface area (Å²) in [6, 6.07) is 5.46. The number of ether oxygens (including phenoxy) is 1. The standard InChI is InChI=1S/C15H19FN2O3/c1-3-15(2)14(20)17-8-9-18(15)13(19)10-21-12-6-4-11(16)5-7-12/h4-7H,3,8-10H2,1-2H3,(H,17,20)/t15-/m1/s1. The molecule has 114 valence electrons. The summed E-state index contributed by atoms with van der Waals surface area (Å²) in [4.78, 5) is 25.8. The van der Waals surface area contributed by atoms with E-state index in [4.69, 9.17) is 4.74 Å². The fourth-order valence-electron chi connectivity index (χ4n) is 2.35. The molecule has 2 amide bonds. The normalized spacial score (nSPS) is 21.9. The summed E-state index contributed by atoms with van der Waals surface area (Å²) in [5, 5.41) is 2.77. The van der Waals surface area contributed by atoms with Gasteiger partial charge in [-0.3, -0.25) is 9.59 Å². The highest BCUT2D eigenvalue weighted by atomic mass is 19.1. The van der Waals surface area contributed by atoms with Crippen molar-refractivity contribution in [1.29, 1.82) is 0 Å². The SMILES string of the molecule is CC[C@]1(C)C(=O)NCCN1C(=O)COc1ccc(F)cc1. The number of halogens is 1. The number of nitrogens with zero attached hydrogens (tertiary/aromatic N) is 1. The molecule has 1 saturated heterocycles. The number of benzene rings is 1. The summed E-state index contributed by atoms with van der Waals surface area (Å²) in [5.41, 5.74) is -0.846. The van der Waals surface area contributed by atoms with Crippen LogP contribution in [0.4, 0.5) is 4.39 Å². The lowest BCUT2D eigenvalue weighted by Crippen LogP contribution is -2.65. The first kappa shape index (κ1) is 15.3. The molecule has 1 aromatic rings. The van der Waals surface area contributed by atoms with E-state index in [-0.39, 0.29) is 24.2 Å². The quantitative estimate of drug-likeness (QED) is 0.911. The highest BCUT2D eigenvalue weighted by Crippen LogP contribution is 2.22. The number of hydrogen-bond acceptors (Lipinski definition) is 3. The monoisotopic (exact) mass is 294 g/mol. The van der Waals surface area contributed by atoms with Gasteiger partial charge in [-0.05, 0) is 37.6 Å². The predicted octanol–water partition coefficient (Wildman–Crippen LogP) is 1.33. The van der Waals surface area contributed by atoms with E-state index in [1.165, 1.54) is 24.3 Å². The molecule has 2 rings (SSSR count). The molecule has 1 heterocycles. The van der Waals surface area contributed by atoms with Crippen LogP contribution in [0.5, 0.6) is 5.75 Å². The molecule has 0 aromatic heterocycles. The van der Waals surface area contributed by atoms with Gasteiger partial charge in [-0.15, -0.1) is 0 Å². The summed E-state index contributed by atoms with van der Waals surface area (Å²) in [7, 11) is 0. The third-order valence-corrected chi connectivity index (χ3v) is 3.87. The summed E-state index contributed by atoms with van der Waals surface area (Å²) < 4.78 is 18.2. The van der Waals surface area contributed by atoms with Crippen LogP contribution in [0.25, 0.3) is 0 Å². The Morgan fingerprint density at radius 1 is 1.43 bits per heavy atom. The molecule has 21 heavy (non-hydrogen) atoms. The van der Waals surface area contributed by atoms with E-state index in [2.05, 4.69) is 5.32 Å². The van der Waals surface area contributed by atoms with Gasteiger partial charge in [0.15, 0.2) is 6.61 Å². The molecule has 0 radical (unpaired) electrons. The van der Waals surface area contributed by atoms with Gasteiger partial charge in [0.2, 0.25) is 5.91 Å². The Balaban J connectivity index is 2.01. The molecule has 1 N–H and O–H groups in total. The summed E-state index contributed by atoms with van der Waals surface area (Å²) in [6.45, 7) is 4.34. The lowest BCUT2D eigenvalue weighted by Gasteiger charge is -2.43. The van der Waals surface area contributed by atoms with Crippen molar-refractivity contribution in [2.24, 2.45) is 0 Å². The molecule has 1 aliphatic rings. The summed E-state index contributed by atoms with van der Waals surface area (Å²) in [5.74, 6) is -0.339. The summed E-state index contributed by atoms with van der Waals surface area (Å²) >= 11 is 0. The van der Waals surface area contributed by atoms with E-state index in [9.17, 15) is 14.0 Å². The van der Waals surface area contributed by atoms with Crippen molar-refractivity contribution >= 4 is 11.8 Å². The highest BCUT2D eigenvalue weighted by molar-refractivity contribution is 5.92. The van der Waals surface area contributed by atoms with Crippen molar-refractivity contribution in [3.8, 4) is 5.75 Å². The maximum Gasteiger partial charge on any atom is 0.261 e. The third kappa shape index (κ3) is 3.15. The maximum absolute atomic E-state index is 12.8. The van der Waals surface area contributed by atoms with Gasteiger partial charge in [0.25, 0.3) is 5.91 Å². The first-order chi connectivity index (χ1) is 9.97. The molecule has 0 bridgehead atoms. The molecular formula is C15H19FN2O3. The van der Waals surface area contributed by atoms with Crippen LogP contribution in [0.15, 0.2) is 24.3 Å². The van der Waals surface area contributed by atoms with Gasteiger partial charge in [0, 0.05) is 13.1 Å². The molecule has 6 heteroatoms. The first-order valence-corrected chi connectivity index (χ1v) is 6.94. The van der Waals surface area contributed by atoms with Crippen LogP contribution in [0, 0.1) is 5.82 Å². The van der Waals surface area contributed by atoms with Crippen LogP contribution in [0.2, 0.25) is 0 Å². The Labute approximate surface area is 123 Å². The Bertz CT molecular complexity index is 532. The minimum absolute atomic E-state index is 0.147. The van der Waals surface area contributed by atoms with E-state index < -0.39 is 5.54 Å². The molecular weight excluding hydrogens is 275 g/mol.